The summed E-state index contributed by atoms with van der Waals surface area (Å²) < 4.78 is 0. The van der Waals surface area contributed by atoms with Crippen molar-refractivity contribution in [3.05, 3.63) is 29.8 Å². The predicted molar refractivity (Wildman–Crippen MR) is 166 cm³/mol. The highest BCUT2D eigenvalue weighted by molar-refractivity contribution is 7.98. The lowest BCUT2D eigenvalue weighted by Crippen LogP contribution is -2.57. The van der Waals surface area contributed by atoms with E-state index in [1.807, 2.05) is 6.26 Å². The SMILES string of the molecule is CSCCC(NC(=O)C(CCCN=C(N)N)NC(=O)C(CCCN=C(N)N)NC(=O)C(N)Cc1ccc(O)cc1)C(=O)O. The molecule has 17 heteroatoms. The number of amides is 3. The second-order valence-electron chi connectivity index (χ2n) is 9.68. The van der Waals surface area contributed by atoms with Crippen molar-refractivity contribution in [2.45, 2.75) is 62.7 Å². The second kappa shape index (κ2) is 19.8. The maximum Gasteiger partial charge on any atom is 0.326 e. The van der Waals surface area contributed by atoms with Crippen molar-refractivity contribution in [1.82, 2.24) is 16.0 Å². The molecule has 0 saturated carbocycles. The quantitative estimate of drug-likeness (QED) is 0.0415. The van der Waals surface area contributed by atoms with Crippen molar-refractivity contribution in [2.75, 3.05) is 25.1 Å². The van der Waals surface area contributed by atoms with E-state index in [4.69, 9.17) is 28.7 Å². The molecule has 0 aliphatic heterocycles. The van der Waals surface area contributed by atoms with E-state index in [9.17, 15) is 29.4 Å². The third-order valence-corrected chi connectivity index (χ3v) is 6.75. The van der Waals surface area contributed by atoms with Crippen molar-refractivity contribution in [1.29, 1.82) is 0 Å². The van der Waals surface area contributed by atoms with Gasteiger partial charge in [0.15, 0.2) is 11.9 Å². The van der Waals surface area contributed by atoms with Crippen molar-refractivity contribution < 1.29 is 29.4 Å². The highest BCUT2D eigenvalue weighted by atomic mass is 32.2. The summed E-state index contributed by atoms with van der Waals surface area (Å²) in [6.45, 7) is 0.349. The number of carbonyl (C=O) groups is 4. The molecule has 0 spiro atoms. The van der Waals surface area contributed by atoms with E-state index in [1.165, 1.54) is 23.9 Å². The Kier molecular flexibility index (Phi) is 16.9. The zero-order valence-corrected chi connectivity index (χ0v) is 25.0. The van der Waals surface area contributed by atoms with Gasteiger partial charge >= 0.3 is 5.97 Å². The lowest BCUT2D eigenvalue weighted by atomic mass is 10.0. The third kappa shape index (κ3) is 15.5. The van der Waals surface area contributed by atoms with E-state index >= 15 is 0 Å². The smallest absolute Gasteiger partial charge is 0.326 e. The number of rotatable bonds is 20. The fourth-order valence-electron chi connectivity index (χ4n) is 3.84. The topological polar surface area (TPSA) is 300 Å². The molecule has 1 aromatic rings. The summed E-state index contributed by atoms with van der Waals surface area (Å²) in [5.74, 6) is -2.93. The highest BCUT2D eigenvalue weighted by Gasteiger charge is 2.30. The number of carbonyl (C=O) groups excluding carboxylic acids is 3. The van der Waals surface area contributed by atoms with Gasteiger partial charge in [-0.05, 0) is 68.2 Å². The van der Waals surface area contributed by atoms with E-state index in [-0.39, 0.29) is 62.9 Å². The Labute approximate surface area is 254 Å². The number of phenols is 1. The Morgan fingerprint density at radius 2 is 1.26 bits per heavy atom. The number of aliphatic imine (C=N–C) groups is 2. The number of aliphatic carboxylic acids is 1. The summed E-state index contributed by atoms with van der Waals surface area (Å²) in [6, 6.07) is 1.72. The Morgan fingerprint density at radius 3 is 1.70 bits per heavy atom. The molecule has 1 rings (SSSR count). The van der Waals surface area contributed by atoms with Crippen LogP contribution < -0.4 is 44.6 Å². The van der Waals surface area contributed by atoms with E-state index in [0.717, 1.165) is 0 Å². The van der Waals surface area contributed by atoms with Gasteiger partial charge in [-0.2, -0.15) is 11.8 Å². The minimum absolute atomic E-state index is 0.0649. The Morgan fingerprint density at radius 1 is 0.791 bits per heavy atom. The number of nitrogens with one attached hydrogen (secondary N) is 3. The number of nitrogens with two attached hydrogens (primary N) is 5. The van der Waals surface area contributed by atoms with Crippen molar-refractivity contribution in [3.63, 3.8) is 0 Å². The molecule has 0 radical (unpaired) electrons. The number of aromatic hydroxyl groups is 1. The first-order chi connectivity index (χ1) is 20.3. The van der Waals surface area contributed by atoms with E-state index in [1.54, 1.807) is 12.1 Å². The summed E-state index contributed by atoms with van der Waals surface area (Å²) in [4.78, 5) is 59.0. The van der Waals surface area contributed by atoms with Crippen LogP contribution in [0.3, 0.4) is 0 Å². The summed E-state index contributed by atoms with van der Waals surface area (Å²) in [6.07, 6.45) is 2.91. The molecule has 3 amide bonds. The summed E-state index contributed by atoms with van der Waals surface area (Å²) in [7, 11) is 0. The van der Waals surface area contributed by atoms with Crippen LogP contribution in [-0.4, -0.2) is 95.1 Å². The normalized spacial score (nSPS) is 13.4. The number of hydrogen-bond donors (Lipinski definition) is 10. The zero-order valence-electron chi connectivity index (χ0n) is 24.2. The maximum absolute atomic E-state index is 13.4. The van der Waals surface area contributed by atoms with Gasteiger partial charge in [0.05, 0.1) is 6.04 Å². The van der Waals surface area contributed by atoms with Crippen LogP contribution in [-0.2, 0) is 25.6 Å². The van der Waals surface area contributed by atoms with Gasteiger partial charge in [0.1, 0.15) is 23.9 Å². The second-order valence-corrected chi connectivity index (χ2v) is 10.7. The van der Waals surface area contributed by atoms with Gasteiger partial charge in [0, 0.05) is 13.1 Å². The van der Waals surface area contributed by atoms with E-state index in [2.05, 4.69) is 25.9 Å². The molecule has 240 valence electrons. The molecule has 0 fully saturated rings. The minimum atomic E-state index is -1.21. The van der Waals surface area contributed by atoms with Gasteiger partial charge in [-0.3, -0.25) is 24.4 Å². The summed E-state index contributed by atoms with van der Waals surface area (Å²) in [5, 5.41) is 26.8. The molecule has 0 bridgehead atoms. The van der Waals surface area contributed by atoms with Crippen LogP contribution in [0, 0.1) is 0 Å². The van der Waals surface area contributed by atoms with Crippen LogP contribution in [0.5, 0.6) is 5.75 Å². The Balaban J connectivity index is 3.09. The predicted octanol–water partition coefficient (Wildman–Crippen LogP) is -2.34. The van der Waals surface area contributed by atoms with Crippen LogP contribution in [0.2, 0.25) is 0 Å². The number of carboxylic acid groups (broad SMARTS) is 1. The third-order valence-electron chi connectivity index (χ3n) is 6.11. The maximum atomic E-state index is 13.4. The molecule has 0 aromatic heterocycles. The lowest BCUT2D eigenvalue weighted by Gasteiger charge is -2.25. The van der Waals surface area contributed by atoms with Gasteiger partial charge in [-0.15, -0.1) is 0 Å². The van der Waals surface area contributed by atoms with E-state index in [0.29, 0.717) is 17.7 Å². The van der Waals surface area contributed by atoms with Crippen LogP contribution in [0.25, 0.3) is 0 Å². The van der Waals surface area contributed by atoms with Gasteiger partial charge in [0.25, 0.3) is 0 Å². The number of hydrogen-bond acceptors (Lipinski definition) is 9. The van der Waals surface area contributed by atoms with Gasteiger partial charge in [0.2, 0.25) is 17.7 Å². The molecule has 0 aliphatic carbocycles. The van der Waals surface area contributed by atoms with Gasteiger partial charge in [-0.1, -0.05) is 12.1 Å². The van der Waals surface area contributed by atoms with E-state index < -0.39 is 47.9 Å². The molecular weight excluding hydrogens is 580 g/mol. The minimum Gasteiger partial charge on any atom is -0.508 e. The standard InChI is InChI=1S/C26H44N10O6S/c1-43-13-10-20(24(41)42)36-23(40)19(5-3-12-33-26(30)31)35-22(39)18(4-2-11-32-25(28)29)34-21(38)17(27)14-15-6-8-16(37)9-7-15/h6-9,17-20,37H,2-5,10-14,27H2,1H3,(H,34,38)(H,35,39)(H,36,40)(H,41,42)(H4,28,29,32)(H4,30,31,33). The number of nitrogens with zero attached hydrogens (tertiary/aromatic N) is 2. The molecule has 4 unspecified atom stereocenters. The van der Waals surface area contributed by atoms with Crippen LogP contribution in [0.15, 0.2) is 34.3 Å². The highest BCUT2D eigenvalue weighted by Crippen LogP contribution is 2.11. The summed E-state index contributed by atoms with van der Waals surface area (Å²) >= 11 is 1.43. The number of benzene rings is 1. The van der Waals surface area contributed by atoms with Gasteiger partial charge < -0.3 is 54.8 Å². The molecule has 16 nitrogen and oxygen atoms in total. The average molecular weight is 625 g/mol. The zero-order chi connectivity index (χ0) is 32.4. The number of guanidine groups is 2. The molecular formula is C26H44N10O6S. The molecule has 0 saturated heterocycles. The molecule has 4 atom stereocenters. The van der Waals surface area contributed by atoms with Crippen LogP contribution in [0.4, 0.5) is 0 Å². The number of carboxylic acids is 1. The monoisotopic (exact) mass is 624 g/mol. The first kappa shape index (κ1) is 36.8. The molecule has 15 N–H and O–H groups in total. The molecule has 1 aromatic carbocycles. The van der Waals surface area contributed by atoms with Crippen molar-refractivity contribution >= 4 is 47.4 Å². The largest absolute Gasteiger partial charge is 0.508 e. The van der Waals surface area contributed by atoms with Gasteiger partial charge in [-0.25, -0.2) is 4.79 Å². The molecule has 0 aliphatic rings. The van der Waals surface area contributed by atoms with Crippen molar-refractivity contribution in [2.24, 2.45) is 38.7 Å². The Bertz CT molecular complexity index is 1110. The van der Waals surface area contributed by atoms with Crippen molar-refractivity contribution in [3.8, 4) is 5.75 Å². The Hall–Kier alpha value is -4.25. The fraction of sp³-hybridized carbons (Fsp3) is 0.538. The summed E-state index contributed by atoms with van der Waals surface area (Å²) in [5.41, 5.74) is 28.3. The average Bonchev–Trinajstić information content (AvgIpc) is 2.94. The van der Waals surface area contributed by atoms with Crippen LogP contribution in [0.1, 0.15) is 37.7 Å². The number of thioether (sulfide) groups is 1. The first-order valence-electron chi connectivity index (χ1n) is 13.6. The molecule has 43 heavy (non-hydrogen) atoms. The van der Waals surface area contributed by atoms with Crippen LogP contribution >= 0.6 is 11.8 Å². The lowest BCUT2D eigenvalue weighted by molar-refractivity contribution is -0.142. The molecule has 0 heterocycles. The first-order valence-corrected chi connectivity index (χ1v) is 15.0. The fourth-order valence-corrected chi connectivity index (χ4v) is 4.31. The number of phenolic OH excluding ortho intramolecular Hbond substituents is 1.